The number of nitrogens with one attached hydrogen (secondary N) is 1. The fraction of sp³-hybridized carbons (Fsp3) is 0.235. The minimum Gasteiger partial charge on any atom is -0.322 e. The minimum atomic E-state index is -3.80. The van der Waals surface area contributed by atoms with Crippen molar-refractivity contribution in [2.45, 2.75) is 17.7 Å². The van der Waals surface area contributed by atoms with Gasteiger partial charge in [0.1, 0.15) is 4.90 Å². The maximum atomic E-state index is 13.4. The third kappa shape index (κ3) is 4.08. The number of halogens is 4. The van der Waals surface area contributed by atoms with Crippen molar-refractivity contribution in [2.75, 3.05) is 18.4 Å². The lowest BCUT2D eigenvalue weighted by atomic mass is 10.2. The van der Waals surface area contributed by atoms with Gasteiger partial charge in [-0.2, -0.15) is 4.31 Å². The molecule has 27 heavy (non-hydrogen) atoms. The Morgan fingerprint density at radius 2 is 1.63 bits per heavy atom. The molecule has 1 fully saturated rings. The van der Waals surface area contributed by atoms with E-state index >= 15 is 0 Å². The molecular formula is C17H14Cl2F2N2O3S. The summed E-state index contributed by atoms with van der Waals surface area (Å²) in [6, 6.07) is 5.33. The van der Waals surface area contributed by atoms with E-state index in [1.54, 1.807) is 0 Å². The molecule has 3 rings (SSSR count). The summed E-state index contributed by atoms with van der Waals surface area (Å²) in [5, 5.41) is 2.17. The normalized spacial score (nSPS) is 15.1. The van der Waals surface area contributed by atoms with Crippen LogP contribution in [0.25, 0.3) is 0 Å². The van der Waals surface area contributed by atoms with Crippen molar-refractivity contribution in [1.29, 1.82) is 0 Å². The number of carbonyl (C=O) groups excluding carboxylic acids is 1. The van der Waals surface area contributed by atoms with Crippen molar-refractivity contribution in [3.05, 3.63) is 57.6 Å². The lowest BCUT2D eigenvalue weighted by Crippen LogP contribution is -2.28. The fourth-order valence-electron chi connectivity index (χ4n) is 2.74. The third-order valence-electron chi connectivity index (χ3n) is 4.13. The summed E-state index contributed by atoms with van der Waals surface area (Å²) in [5.74, 6) is -3.22. The fourth-order valence-corrected chi connectivity index (χ4v) is 5.00. The summed E-state index contributed by atoms with van der Waals surface area (Å²) in [6.07, 6.45) is 1.53. The summed E-state index contributed by atoms with van der Waals surface area (Å²) < 4.78 is 53.3. The van der Waals surface area contributed by atoms with Crippen molar-refractivity contribution < 1.29 is 22.0 Å². The first-order valence-electron chi connectivity index (χ1n) is 7.96. The summed E-state index contributed by atoms with van der Waals surface area (Å²) in [5.41, 5.74) is -0.155. The van der Waals surface area contributed by atoms with Crippen molar-refractivity contribution in [3.63, 3.8) is 0 Å². The Morgan fingerprint density at radius 3 is 2.30 bits per heavy atom. The van der Waals surface area contributed by atoms with Crippen LogP contribution < -0.4 is 5.32 Å². The van der Waals surface area contributed by atoms with Crippen molar-refractivity contribution in [3.8, 4) is 0 Å². The highest BCUT2D eigenvalue weighted by molar-refractivity contribution is 7.89. The number of benzene rings is 2. The second kappa shape index (κ2) is 7.71. The van der Waals surface area contributed by atoms with E-state index in [0.717, 1.165) is 12.8 Å². The lowest BCUT2D eigenvalue weighted by Gasteiger charge is -2.17. The number of hydrogen-bond acceptors (Lipinski definition) is 3. The van der Waals surface area contributed by atoms with Gasteiger partial charge >= 0.3 is 0 Å². The van der Waals surface area contributed by atoms with Gasteiger partial charge in [0, 0.05) is 18.8 Å². The second-order valence-electron chi connectivity index (χ2n) is 5.96. The molecule has 1 aliphatic rings. The Hall–Kier alpha value is -1.74. The largest absolute Gasteiger partial charge is 0.322 e. The van der Waals surface area contributed by atoms with Crippen LogP contribution >= 0.6 is 23.2 Å². The Labute approximate surface area is 164 Å². The van der Waals surface area contributed by atoms with E-state index in [9.17, 15) is 22.0 Å². The molecule has 144 valence electrons. The summed E-state index contributed by atoms with van der Waals surface area (Å²) >= 11 is 11.8. The topological polar surface area (TPSA) is 66.5 Å². The van der Waals surface area contributed by atoms with Gasteiger partial charge in [-0.15, -0.1) is 0 Å². The van der Waals surface area contributed by atoms with Gasteiger partial charge < -0.3 is 5.32 Å². The van der Waals surface area contributed by atoms with Crippen LogP contribution in [0.3, 0.4) is 0 Å². The Bertz CT molecular complexity index is 1010. The van der Waals surface area contributed by atoms with E-state index in [1.165, 1.54) is 22.5 Å². The zero-order chi connectivity index (χ0) is 19.8. The van der Waals surface area contributed by atoms with Gasteiger partial charge in [0.2, 0.25) is 10.0 Å². The highest BCUT2D eigenvalue weighted by Crippen LogP contribution is 2.30. The zero-order valence-electron chi connectivity index (χ0n) is 13.8. The van der Waals surface area contributed by atoms with Gasteiger partial charge in [0.15, 0.2) is 11.6 Å². The number of hydrogen-bond donors (Lipinski definition) is 1. The highest BCUT2D eigenvalue weighted by atomic mass is 35.5. The highest BCUT2D eigenvalue weighted by Gasteiger charge is 2.29. The van der Waals surface area contributed by atoms with Gasteiger partial charge in [-0.05, 0) is 43.2 Å². The third-order valence-corrected chi connectivity index (χ3v) is 6.82. The average Bonchev–Trinajstić information content (AvgIpc) is 3.15. The maximum absolute atomic E-state index is 13.4. The molecule has 0 aromatic heterocycles. The molecule has 5 nitrogen and oxygen atoms in total. The van der Waals surface area contributed by atoms with E-state index < -0.39 is 27.6 Å². The van der Waals surface area contributed by atoms with Crippen LogP contribution in [0, 0.1) is 11.6 Å². The summed E-state index contributed by atoms with van der Waals surface area (Å²) in [6.45, 7) is 0.805. The first-order chi connectivity index (χ1) is 12.7. The summed E-state index contributed by atoms with van der Waals surface area (Å²) in [7, 11) is -3.80. The molecule has 0 unspecified atom stereocenters. The molecule has 0 radical (unpaired) electrons. The molecule has 2 aromatic rings. The van der Waals surface area contributed by atoms with E-state index in [2.05, 4.69) is 5.32 Å². The molecule has 1 amide bonds. The number of nitrogens with zero attached hydrogens (tertiary/aromatic N) is 1. The molecule has 1 N–H and O–H groups in total. The van der Waals surface area contributed by atoms with E-state index in [0.29, 0.717) is 25.2 Å². The Kier molecular flexibility index (Phi) is 5.71. The SMILES string of the molecule is O=C(Nc1ccc(Cl)c(S(=O)(=O)N2CCCC2)c1)c1cc(F)c(F)cc1Cl. The zero-order valence-corrected chi connectivity index (χ0v) is 16.1. The summed E-state index contributed by atoms with van der Waals surface area (Å²) in [4.78, 5) is 12.2. The van der Waals surface area contributed by atoms with Gasteiger partial charge in [-0.1, -0.05) is 23.2 Å². The average molecular weight is 435 g/mol. The van der Waals surface area contributed by atoms with Crippen LogP contribution in [0.4, 0.5) is 14.5 Å². The smallest absolute Gasteiger partial charge is 0.257 e. The molecule has 1 aliphatic heterocycles. The molecule has 10 heteroatoms. The van der Waals surface area contributed by atoms with Crippen LogP contribution in [0.5, 0.6) is 0 Å². The van der Waals surface area contributed by atoms with Crippen LogP contribution in [-0.4, -0.2) is 31.7 Å². The van der Waals surface area contributed by atoms with Gasteiger partial charge in [-0.25, -0.2) is 17.2 Å². The molecule has 0 saturated carbocycles. The lowest BCUT2D eigenvalue weighted by molar-refractivity contribution is 0.102. The van der Waals surface area contributed by atoms with Crippen molar-refractivity contribution in [1.82, 2.24) is 4.31 Å². The monoisotopic (exact) mass is 434 g/mol. The van der Waals surface area contributed by atoms with E-state index in [-0.39, 0.29) is 26.2 Å². The van der Waals surface area contributed by atoms with Gasteiger partial charge in [-0.3, -0.25) is 4.79 Å². The molecule has 0 aliphatic carbocycles. The standard InChI is InChI=1S/C17H14Cl2F2N2O3S/c18-12-4-3-10(7-16(12)27(25,26)23-5-1-2-6-23)22-17(24)11-8-14(20)15(21)9-13(11)19/h3-4,7-9H,1-2,5-6H2,(H,22,24). The number of sulfonamides is 1. The quantitative estimate of drug-likeness (QED) is 0.729. The number of carbonyl (C=O) groups is 1. The maximum Gasteiger partial charge on any atom is 0.257 e. The van der Waals surface area contributed by atoms with Crippen LogP contribution in [-0.2, 0) is 10.0 Å². The Morgan fingerprint density at radius 1 is 1.00 bits per heavy atom. The molecule has 1 heterocycles. The van der Waals surface area contributed by atoms with Crippen LogP contribution in [0.2, 0.25) is 10.0 Å². The van der Waals surface area contributed by atoms with E-state index in [4.69, 9.17) is 23.2 Å². The molecule has 2 aromatic carbocycles. The van der Waals surface area contributed by atoms with Gasteiger partial charge in [0.25, 0.3) is 5.91 Å². The van der Waals surface area contributed by atoms with E-state index in [1.807, 2.05) is 0 Å². The molecule has 0 atom stereocenters. The molecule has 0 bridgehead atoms. The number of amides is 1. The van der Waals surface area contributed by atoms with Crippen molar-refractivity contribution >= 4 is 44.8 Å². The van der Waals surface area contributed by atoms with Gasteiger partial charge in [0.05, 0.1) is 15.6 Å². The minimum absolute atomic E-state index is 0.0192. The first kappa shape index (κ1) is 20.0. The Balaban J connectivity index is 1.90. The number of rotatable bonds is 4. The van der Waals surface area contributed by atoms with Crippen LogP contribution in [0.1, 0.15) is 23.2 Å². The van der Waals surface area contributed by atoms with Crippen LogP contribution in [0.15, 0.2) is 35.2 Å². The first-order valence-corrected chi connectivity index (χ1v) is 10.2. The second-order valence-corrected chi connectivity index (χ2v) is 8.68. The molecular weight excluding hydrogens is 421 g/mol. The molecule has 1 saturated heterocycles. The number of anilines is 1. The van der Waals surface area contributed by atoms with Crippen molar-refractivity contribution in [2.24, 2.45) is 0 Å². The molecule has 0 spiro atoms. The predicted molar refractivity (Wildman–Crippen MR) is 98.8 cm³/mol. The predicted octanol–water partition coefficient (Wildman–Crippen LogP) is 4.31.